The molecular weight excluding hydrogens is 280 g/mol. The number of hydrogen-bond donors (Lipinski definition) is 3. The summed E-state index contributed by atoms with van der Waals surface area (Å²) in [7, 11) is -2.33. The van der Waals surface area contributed by atoms with E-state index in [1.54, 1.807) is 25.1 Å². The van der Waals surface area contributed by atoms with E-state index in [1.165, 1.54) is 13.1 Å². The fraction of sp³-hybridized carbons (Fsp3) is 0.462. The van der Waals surface area contributed by atoms with Gasteiger partial charge in [-0.05, 0) is 32.5 Å². The van der Waals surface area contributed by atoms with Gasteiger partial charge < -0.3 is 10.4 Å². The van der Waals surface area contributed by atoms with Gasteiger partial charge in [-0.25, -0.2) is 17.9 Å². The van der Waals surface area contributed by atoms with Crippen molar-refractivity contribution in [2.45, 2.75) is 37.1 Å². The molecule has 0 radical (unpaired) electrons. The van der Waals surface area contributed by atoms with Gasteiger partial charge in [-0.2, -0.15) is 0 Å². The van der Waals surface area contributed by atoms with Crippen LogP contribution in [0.5, 0.6) is 0 Å². The maximum atomic E-state index is 11.9. The van der Waals surface area contributed by atoms with Crippen molar-refractivity contribution in [1.82, 2.24) is 4.72 Å². The average Bonchev–Trinajstić information content (AvgIpc) is 2.39. The van der Waals surface area contributed by atoms with Crippen molar-refractivity contribution < 1.29 is 18.3 Å². The molecule has 0 fully saturated rings. The van der Waals surface area contributed by atoms with Gasteiger partial charge >= 0.3 is 5.97 Å². The van der Waals surface area contributed by atoms with Crippen molar-refractivity contribution in [3.05, 3.63) is 24.3 Å². The largest absolute Gasteiger partial charge is 0.480 e. The molecule has 0 saturated heterocycles. The zero-order valence-electron chi connectivity index (χ0n) is 11.8. The van der Waals surface area contributed by atoms with Crippen molar-refractivity contribution in [1.29, 1.82) is 0 Å². The highest BCUT2D eigenvalue weighted by Gasteiger charge is 2.33. The number of anilines is 1. The topological polar surface area (TPSA) is 95.5 Å². The lowest BCUT2D eigenvalue weighted by Gasteiger charge is -2.28. The van der Waals surface area contributed by atoms with Crippen molar-refractivity contribution in [3.8, 4) is 0 Å². The fourth-order valence-corrected chi connectivity index (χ4v) is 2.82. The van der Waals surface area contributed by atoms with Gasteiger partial charge in [0.2, 0.25) is 10.0 Å². The fourth-order valence-electron chi connectivity index (χ4n) is 1.93. The molecule has 0 amide bonds. The summed E-state index contributed by atoms with van der Waals surface area (Å²) in [6.07, 6.45) is 1.05. The van der Waals surface area contributed by atoms with Gasteiger partial charge in [0.25, 0.3) is 0 Å². The maximum absolute atomic E-state index is 11.9. The molecule has 0 heterocycles. The number of carboxylic acid groups (broad SMARTS) is 1. The zero-order chi connectivity index (χ0) is 15.4. The summed E-state index contributed by atoms with van der Waals surface area (Å²) in [6, 6.07) is 6.24. The minimum absolute atomic E-state index is 0.0334. The Morgan fingerprint density at radius 1 is 1.35 bits per heavy atom. The van der Waals surface area contributed by atoms with Crippen molar-refractivity contribution in [2.24, 2.45) is 0 Å². The second-order valence-electron chi connectivity index (χ2n) is 4.72. The van der Waals surface area contributed by atoms with Gasteiger partial charge in [0.05, 0.1) is 5.69 Å². The normalized spacial score (nSPS) is 14.6. The number of nitrogens with one attached hydrogen (secondary N) is 2. The van der Waals surface area contributed by atoms with E-state index in [4.69, 9.17) is 0 Å². The van der Waals surface area contributed by atoms with Gasteiger partial charge in [0, 0.05) is 0 Å². The van der Waals surface area contributed by atoms with Gasteiger partial charge in [-0.3, -0.25) is 0 Å². The van der Waals surface area contributed by atoms with E-state index >= 15 is 0 Å². The standard InChI is InChI=1S/C13H20N2O4S/c1-4-9-13(2,12(16)17)15-10-7-5-6-8-11(10)20(18,19)14-3/h5-8,14-15H,4,9H2,1-3H3,(H,16,17). The third-order valence-electron chi connectivity index (χ3n) is 3.08. The maximum Gasteiger partial charge on any atom is 0.329 e. The lowest BCUT2D eigenvalue weighted by Crippen LogP contribution is -2.43. The molecule has 1 rings (SSSR count). The molecule has 0 spiro atoms. The van der Waals surface area contributed by atoms with Gasteiger partial charge in [0.1, 0.15) is 10.4 Å². The number of carbonyl (C=O) groups is 1. The van der Waals surface area contributed by atoms with E-state index in [1.807, 2.05) is 6.92 Å². The quantitative estimate of drug-likeness (QED) is 0.711. The van der Waals surface area contributed by atoms with E-state index in [2.05, 4.69) is 10.0 Å². The van der Waals surface area contributed by atoms with Crippen LogP contribution in [0, 0.1) is 0 Å². The molecule has 1 atom stereocenters. The van der Waals surface area contributed by atoms with Crippen LogP contribution in [0.2, 0.25) is 0 Å². The predicted molar refractivity (Wildman–Crippen MR) is 77.3 cm³/mol. The van der Waals surface area contributed by atoms with Crippen molar-refractivity contribution >= 4 is 21.7 Å². The number of aliphatic carboxylic acids is 1. The first kappa shape index (κ1) is 16.5. The number of benzene rings is 1. The van der Waals surface area contributed by atoms with Crippen LogP contribution in [0.4, 0.5) is 5.69 Å². The lowest BCUT2D eigenvalue weighted by molar-refractivity contribution is -0.142. The summed E-state index contributed by atoms with van der Waals surface area (Å²) in [6.45, 7) is 3.42. The Morgan fingerprint density at radius 3 is 2.45 bits per heavy atom. The summed E-state index contributed by atoms with van der Waals surface area (Å²) >= 11 is 0. The van der Waals surface area contributed by atoms with Gasteiger partial charge in [0.15, 0.2) is 0 Å². The molecule has 0 bridgehead atoms. The first-order valence-electron chi connectivity index (χ1n) is 6.31. The summed E-state index contributed by atoms with van der Waals surface area (Å²) in [4.78, 5) is 11.5. The van der Waals surface area contributed by atoms with Gasteiger partial charge in [-0.15, -0.1) is 0 Å². The first-order valence-corrected chi connectivity index (χ1v) is 7.79. The molecule has 0 aromatic heterocycles. The summed E-state index contributed by atoms with van der Waals surface area (Å²) in [5.41, 5.74) is -0.936. The van der Waals surface area contributed by atoms with Crippen LogP contribution in [-0.4, -0.2) is 32.1 Å². The Labute approximate surface area is 119 Å². The number of hydrogen-bond acceptors (Lipinski definition) is 4. The van der Waals surface area contributed by atoms with Crippen LogP contribution >= 0.6 is 0 Å². The van der Waals surface area contributed by atoms with E-state index in [-0.39, 0.29) is 10.6 Å². The zero-order valence-corrected chi connectivity index (χ0v) is 12.6. The lowest BCUT2D eigenvalue weighted by atomic mass is 9.96. The highest BCUT2D eigenvalue weighted by atomic mass is 32.2. The molecule has 0 saturated carbocycles. The smallest absolute Gasteiger partial charge is 0.329 e. The van der Waals surface area contributed by atoms with Crippen LogP contribution in [0.15, 0.2) is 29.2 Å². The molecule has 6 nitrogen and oxygen atoms in total. The third-order valence-corrected chi connectivity index (χ3v) is 4.55. The van der Waals surface area contributed by atoms with E-state index < -0.39 is 21.5 Å². The minimum Gasteiger partial charge on any atom is -0.480 e. The molecule has 3 N–H and O–H groups in total. The van der Waals surface area contributed by atoms with E-state index in [9.17, 15) is 18.3 Å². The number of rotatable bonds is 7. The van der Waals surface area contributed by atoms with Crippen LogP contribution in [-0.2, 0) is 14.8 Å². The summed E-state index contributed by atoms with van der Waals surface area (Å²) in [5.74, 6) is -1.02. The SMILES string of the molecule is CCCC(C)(Nc1ccccc1S(=O)(=O)NC)C(=O)O. The molecule has 0 aliphatic carbocycles. The molecule has 0 aliphatic heterocycles. The van der Waals surface area contributed by atoms with Gasteiger partial charge in [-0.1, -0.05) is 25.5 Å². The molecule has 1 aromatic carbocycles. The minimum atomic E-state index is -3.65. The summed E-state index contributed by atoms with van der Waals surface area (Å²) in [5, 5.41) is 12.2. The molecule has 112 valence electrons. The second kappa shape index (κ2) is 6.23. The molecule has 1 aromatic rings. The molecule has 7 heteroatoms. The van der Waals surface area contributed by atoms with E-state index in [0.717, 1.165) is 0 Å². The molecule has 0 aliphatic rings. The van der Waals surface area contributed by atoms with Crippen LogP contribution in [0.1, 0.15) is 26.7 Å². The molecular formula is C13H20N2O4S. The third kappa shape index (κ3) is 3.49. The van der Waals surface area contributed by atoms with Crippen LogP contribution in [0.25, 0.3) is 0 Å². The summed E-state index contributed by atoms with van der Waals surface area (Å²) < 4.78 is 26.1. The van der Waals surface area contributed by atoms with E-state index in [0.29, 0.717) is 12.8 Å². The van der Waals surface area contributed by atoms with Crippen molar-refractivity contribution in [2.75, 3.05) is 12.4 Å². The molecule has 1 unspecified atom stereocenters. The highest BCUT2D eigenvalue weighted by Crippen LogP contribution is 2.26. The predicted octanol–water partition coefficient (Wildman–Crippen LogP) is 1.65. The Hall–Kier alpha value is -1.60. The monoisotopic (exact) mass is 300 g/mol. The highest BCUT2D eigenvalue weighted by molar-refractivity contribution is 7.89. The van der Waals surface area contributed by atoms with Crippen molar-refractivity contribution in [3.63, 3.8) is 0 Å². The molecule has 20 heavy (non-hydrogen) atoms. The Balaban J connectivity index is 3.25. The van der Waals surface area contributed by atoms with Crippen LogP contribution in [0.3, 0.4) is 0 Å². The Bertz CT molecular complexity index is 586. The Kier molecular flexibility index (Phi) is 5.13. The Morgan fingerprint density at radius 2 is 1.95 bits per heavy atom. The number of sulfonamides is 1. The first-order chi connectivity index (χ1) is 9.27. The second-order valence-corrected chi connectivity index (χ2v) is 6.57. The number of carboxylic acids is 1. The average molecular weight is 300 g/mol. The van der Waals surface area contributed by atoms with Crippen LogP contribution < -0.4 is 10.0 Å². The number of para-hydroxylation sites is 1.